The van der Waals surface area contributed by atoms with Gasteiger partial charge in [0.1, 0.15) is 0 Å². The summed E-state index contributed by atoms with van der Waals surface area (Å²) in [6, 6.07) is 0.324. The summed E-state index contributed by atoms with van der Waals surface area (Å²) in [6.45, 7) is 7.25. The van der Waals surface area contributed by atoms with E-state index in [-0.39, 0.29) is 6.61 Å². The highest BCUT2D eigenvalue weighted by Gasteiger charge is 2.11. The van der Waals surface area contributed by atoms with Crippen molar-refractivity contribution in [3.63, 3.8) is 0 Å². The number of aliphatic hydroxyl groups excluding tert-OH is 1. The van der Waals surface area contributed by atoms with Crippen LogP contribution in [0.15, 0.2) is 6.20 Å². The largest absolute Gasteiger partial charge is 0.396 e. The van der Waals surface area contributed by atoms with Crippen LogP contribution in [0, 0.1) is 13.8 Å². The van der Waals surface area contributed by atoms with Crippen molar-refractivity contribution >= 4 is 16.3 Å². The number of aryl methyl sites for hydroxylation is 2. The molecule has 0 fully saturated rings. The fraction of sp³-hybridized carbons (Fsp3) is 0.583. The second kappa shape index (κ2) is 5.16. The second-order valence-corrected chi connectivity index (χ2v) is 5.65. The van der Waals surface area contributed by atoms with Gasteiger partial charge in [0, 0.05) is 30.3 Å². The van der Waals surface area contributed by atoms with Crippen molar-refractivity contribution in [2.45, 2.75) is 39.8 Å². The van der Waals surface area contributed by atoms with Crippen molar-refractivity contribution in [1.29, 1.82) is 0 Å². The molecule has 0 aromatic carbocycles. The highest BCUT2D eigenvalue weighted by Crippen LogP contribution is 2.20. The summed E-state index contributed by atoms with van der Waals surface area (Å²) in [7, 11) is 0. The Hall–Kier alpha value is -0.910. The molecule has 2 rings (SSSR count). The number of aromatic nitrogens is 2. The smallest absolute Gasteiger partial charge is 0.194 e. The first kappa shape index (κ1) is 12.5. The molecule has 1 atom stereocenters. The minimum absolute atomic E-state index is 0.229. The first-order valence-electron chi connectivity index (χ1n) is 5.90. The summed E-state index contributed by atoms with van der Waals surface area (Å²) >= 11 is 1.72. The summed E-state index contributed by atoms with van der Waals surface area (Å²) < 4.78 is 2.16. The molecule has 0 bridgehead atoms. The summed E-state index contributed by atoms with van der Waals surface area (Å²) in [5.74, 6) is 0. The maximum absolute atomic E-state index is 8.87. The number of imidazole rings is 1. The molecule has 2 aromatic heterocycles. The molecule has 94 valence electrons. The third-order valence-electron chi connectivity index (χ3n) is 2.92. The van der Waals surface area contributed by atoms with Crippen LogP contribution >= 0.6 is 11.3 Å². The van der Waals surface area contributed by atoms with Crippen molar-refractivity contribution in [3.8, 4) is 0 Å². The van der Waals surface area contributed by atoms with Gasteiger partial charge < -0.3 is 10.4 Å². The standard InChI is InChI=1S/C12H19N3OS/c1-8(4-5-16)13-6-11-10(3)14-12-15(11)7-9(2)17-12/h7-8,13,16H,4-6H2,1-3H3. The van der Waals surface area contributed by atoms with Crippen LogP contribution in [0.4, 0.5) is 0 Å². The van der Waals surface area contributed by atoms with Crippen LogP contribution in [-0.2, 0) is 6.54 Å². The van der Waals surface area contributed by atoms with E-state index in [4.69, 9.17) is 5.11 Å². The molecule has 0 radical (unpaired) electrons. The molecule has 0 aliphatic carbocycles. The van der Waals surface area contributed by atoms with Gasteiger partial charge in [-0.15, -0.1) is 11.3 Å². The molecular weight excluding hydrogens is 234 g/mol. The predicted octanol–water partition coefficient (Wildman–Crippen LogP) is 1.87. The van der Waals surface area contributed by atoms with Crippen molar-refractivity contribution in [2.24, 2.45) is 0 Å². The van der Waals surface area contributed by atoms with Gasteiger partial charge in [-0.25, -0.2) is 4.98 Å². The Morgan fingerprint density at radius 1 is 1.53 bits per heavy atom. The molecule has 0 aliphatic rings. The molecule has 2 heterocycles. The Morgan fingerprint density at radius 2 is 2.29 bits per heavy atom. The van der Waals surface area contributed by atoms with Gasteiger partial charge in [0.05, 0.1) is 11.4 Å². The van der Waals surface area contributed by atoms with Crippen LogP contribution in [-0.4, -0.2) is 27.1 Å². The fourth-order valence-corrected chi connectivity index (χ4v) is 2.78. The van der Waals surface area contributed by atoms with Crippen LogP contribution < -0.4 is 5.32 Å². The van der Waals surface area contributed by atoms with Gasteiger partial charge in [-0.2, -0.15) is 0 Å². The van der Waals surface area contributed by atoms with Crippen molar-refractivity contribution < 1.29 is 5.11 Å². The normalized spacial score (nSPS) is 13.4. The lowest BCUT2D eigenvalue weighted by molar-refractivity contribution is 0.268. The van der Waals surface area contributed by atoms with Crippen LogP contribution in [0.3, 0.4) is 0 Å². The molecule has 4 nitrogen and oxygen atoms in total. The van der Waals surface area contributed by atoms with Gasteiger partial charge in [0.25, 0.3) is 0 Å². The summed E-state index contributed by atoms with van der Waals surface area (Å²) in [5, 5.41) is 12.3. The summed E-state index contributed by atoms with van der Waals surface area (Å²) in [6.07, 6.45) is 2.91. The molecule has 2 aromatic rings. The van der Waals surface area contributed by atoms with Gasteiger partial charge >= 0.3 is 0 Å². The number of hydrogen-bond donors (Lipinski definition) is 2. The fourth-order valence-electron chi connectivity index (χ4n) is 1.89. The minimum atomic E-state index is 0.229. The maximum atomic E-state index is 8.87. The predicted molar refractivity (Wildman–Crippen MR) is 70.5 cm³/mol. The van der Waals surface area contributed by atoms with E-state index in [0.717, 1.165) is 23.6 Å². The Kier molecular flexibility index (Phi) is 3.81. The maximum Gasteiger partial charge on any atom is 0.194 e. The molecule has 17 heavy (non-hydrogen) atoms. The molecule has 5 heteroatoms. The zero-order valence-corrected chi connectivity index (χ0v) is 11.3. The average Bonchev–Trinajstić information content (AvgIpc) is 2.71. The summed E-state index contributed by atoms with van der Waals surface area (Å²) in [4.78, 5) is 6.89. The van der Waals surface area contributed by atoms with E-state index < -0.39 is 0 Å². The quantitative estimate of drug-likeness (QED) is 0.855. The van der Waals surface area contributed by atoms with E-state index in [0.29, 0.717) is 6.04 Å². The van der Waals surface area contributed by atoms with Crippen LogP contribution in [0.1, 0.15) is 29.6 Å². The topological polar surface area (TPSA) is 49.6 Å². The van der Waals surface area contributed by atoms with E-state index in [1.165, 1.54) is 10.6 Å². The van der Waals surface area contributed by atoms with E-state index in [1.807, 2.05) is 6.92 Å². The van der Waals surface area contributed by atoms with Crippen molar-refractivity contribution in [3.05, 3.63) is 22.5 Å². The third kappa shape index (κ3) is 2.68. The number of thiazole rings is 1. The number of fused-ring (bicyclic) bond motifs is 1. The number of nitrogens with zero attached hydrogens (tertiary/aromatic N) is 2. The summed E-state index contributed by atoms with van der Waals surface area (Å²) in [5.41, 5.74) is 2.30. The van der Waals surface area contributed by atoms with Gasteiger partial charge in [-0.3, -0.25) is 4.40 Å². The first-order valence-corrected chi connectivity index (χ1v) is 6.71. The van der Waals surface area contributed by atoms with E-state index in [1.54, 1.807) is 11.3 Å². The average molecular weight is 253 g/mol. The highest BCUT2D eigenvalue weighted by atomic mass is 32.1. The lowest BCUT2D eigenvalue weighted by atomic mass is 10.2. The molecule has 2 N–H and O–H groups in total. The highest BCUT2D eigenvalue weighted by molar-refractivity contribution is 7.17. The molecule has 0 aliphatic heterocycles. The Morgan fingerprint density at radius 3 is 3.00 bits per heavy atom. The SMILES string of the molecule is Cc1cn2c(CNC(C)CCO)c(C)nc2s1. The zero-order chi connectivity index (χ0) is 12.4. The minimum Gasteiger partial charge on any atom is -0.396 e. The second-order valence-electron chi connectivity index (χ2n) is 4.43. The molecule has 0 spiro atoms. The Bertz CT molecular complexity index is 503. The Labute approximate surface area is 105 Å². The third-order valence-corrected chi connectivity index (χ3v) is 3.82. The molecule has 0 saturated heterocycles. The molecular formula is C12H19N3OS. The van der Waals surface area contributed by atoms with Crippen LogP contribution in [0.25, 0.3) is 4.96 Å². The van der Waals surface area contributed by atoms with Crippen LogP contribution in [0.2, 0.25) is 0 Å². The lowest BCUT2D eigenvalue weighted by Crippen LogP contribution is -2.27. The number of aliphatic hydroxyl groups is 1. The molecule has 0 amide bonds. The zero-order valence-electron chi connectivity index (χ0n) is 10.5. The van der Waals surface area contributed by atoms with E-state index >= 15 is 0 Å². The number of rotatable bonds is 5. The number of nitrogens with one attached hydrogen (secondary N) is 1. The van der Waals surface area contributed by atoms with E-state index in [2.05, 4.69) is 34.7 Å². The lowest BCUT2D eigenvalue weighted by Gasteiger charge is -2.12. The van der Waals surface area contributed by atoms with Gasteiger partial charge in [-0.1, -0.05) is 0 Å². The first-order chi connectivity index (χ1) is 8.11. The van der Waals surface area contributed by atoms with Crippen LogP contribution in [0.5, 0.6) is 0 Å². The Balaban J connectivity index is 2.14. The van der Waals surface area contributed by atoms with Gasteiger partial charge in [0.15, 0.2) is 4.96 Å². The molecule has 1 unspecified atom stereocenters. The van der Waals surface area contributed by atoms with Crippen molar-refractivity contribution in [1.82, 2.24) is 14.7 Å². The molecule has 0 saturated carbocycles. The van der Waals surface area contributed by atoms with E-state index in [9.17, 15) is 0 Å². The monoisotopic (exact) mass is 253 g/mol. The number of hydrogen-bond acceptors (Lipinski definition) is 4. The van der Waals surface area contributed by atoms with Gasteiger partial charge in [-0.05, 0) is 27.2 Å². The van der Waals surface area contributed by atoms with Gasteiger partial charge in [0.2, 0.25) is 0 Å². The van der Waals surface area contributed by atoms with Crippen molar-refractivity contribution in [2.75, 3.05) is 6.61 Å².